The summed E-state index contributed by atoms with van der Waals surface area (Å²) in [6, 6.07) is 15.3. The fourth-order valence-corrected chi connectivity index (χ4v) is 2.80. The molecule has 0 bridgehead atoms. The standard InChI is InChI=1S/C15H15BrClNO/c1-15(10-19,13-4-2-3-5-14(13)16)18-12-8-6-11(17)7-9-12/h2-9,18-19H,10H2,1H3. The van der Waals surface area contributed by atoms with Crippen LogP contribution >= 0.6 is 27.5 Å². The van der Waals surface area contributed by atoms with Gasteiger partial charge in [0.05, 0.1) is 12.1 Å². The van der Waals surface area contributed by atoms with Crippen molar-refractivity contribution in [3.63, 3.8) is 0 Å². The van der Waals surface area contributed by atoms with E-state index in [9.17, 15) is 5.11 Å². The van der Waals surface area contributed by atoms with Gasteiger partial charge in [-0.1, -0.05) is 45.7 Å². The van der Waals surface area contributed by atoms with Crippen molar-refractivity contribution in [1.82, 2.24) is 0 Å². The minimum absolute atomic E-state index is 0.0156. The molecule has 19 heavy (non-hydrogen) atoms. The van der Waals surface area contributed by atoms with E-state index in [1.165, 1.54) is 0 Å². The Labute approximate surface area is 126 Å². The van der Waals surface area contributed by atoms with Crippen LogP contribution in [0.3, 0.4) is 0 Å². The maximum Gasteiger partial charge on any atom is 0.0839 e. The zero-order chi connectivity index (χ0) is 13.9. The van der Waals surface area contributed by atoms with Crippen molar-refractivity contribution in [3.8, 4) is 0 Å². The third kappa shape index (κ3) is 3.30. The Hall–Kier alpha value is -1.03. The van der Waals surface area contributed by atoms with Crippen molar-refractivity contribution >= 4 is 33.2 Å². The molecule has 4 heteroatoms. The van der Waals surface area contributed by atoms with Crippen LogP contribution in [0.25, 0.3) is 0 Å². The van der Waals surface area contributed by atoms with Gasteiger partial charge in [0.2, 0.25) is 0 Å². The molecule has 2 rings (SSSR count). The Balaban J connectivity index is 2.33. The highest BCUT2D eigenvalue weighted by molar-refractivity contribution is 9.10. The summed E-state index contributed by atoms with van der Waals surface area (Å²) in [5.74, 6) is 0. The van der Waals surface area contributed by atoms with Crippen LogP contribution < -0.4 is 5.32 Å². The minimum atomic E-state index is -0.562. The predicted molar refractivity (Wildman–Crippen MR) is 83.7 cm³/mol. The average molecular weight is 341 g/mol. The van der Waals surface area contributed by atoms with Gasteiger partial charge >= 0.3 is 0 Å². The summed E-state index contributed by atoms with van der Waals surface area (Å²) >= 11 is 9.40. The smallest absolute Gasteiger partial charge is 0.0839 e. The van der Waals surface area contributed by atoms with Crippen molar-refractivity contribution in [3.05, 3.63) is 63.6 Å². The first kappa shape index (κ1) is 14.4. The van der Waals surface area contributed by atoms with Crippen molar-refractivity contribution in [1.29, 1.82) is 0 Å². The van der Waals surface area contributed by atoms with Gasteiger partial charge in [-0.2, -0.15) is 0 Å². The highest BCUT2D eigenvalue weighted by Gasteiger charge is 2.27. The van der Waals surface area contributed by atoms with Gasteiger partial charge in [-0.3, -0.25) is 0 Å². The first-order valence-corrected chi connectivity index (χ1v) is 7.12. The van der Waals surface area contributed by atoms with Gasteiger partial charge in [0.25, 0.3) is 0 Å². The van der Waals surface area contributed by atoms with Crippen molar-refractivity contribution in [2.75, 3.05) is 11.9 Å². The van der Waals surface area contributed by atoms with Crippen LogP contribution in [0.1, 0.15) is 12.5 Å². The summed E-state index contributed by atoms with van der Waals surface area (Å²) < 4.78 is 0.966. The molecule has 0 aliphatic rings. The molecule has 0 heterocycles. The van der Waals surface area contributed by atoms with Crippen molar-refractivity contribution in [2.45, 2.75) is 12.5 Å². The van der Waals surface area contributed by atoms with E-state index in [0.29, 0.717) is 5.02 Å². The number of benzene rings is 2. The first-order valence-electron chi connectivity index (χ1n) is 5.95. The monoisotopic (exact) mass is 339 g/mol. The summed E-state index contributed by atoms with van der Waals surface area (Å²) in [6.45, 7) is 1.94. The minimum Gasteiger partial charge on any atom is -0.394 e. The molecule has 0 spiro atoms. The topological polar surface area (TPSA) is 32.3 Å². The SMILES string of the molecule is CC(CO)(Nc1ccc(Cl)cc1)c1ccccc1Br. The molecule has 1 unspecified atom stereocenters. The summed E-state index contributed by atoms with van der Waals surface area (Å²) in [7, 11) is 0. The lowest BCUT2D eigenvalue weighted by Gasteiger charge is -2.31. The van der Waals surface area contributed by atoms with Crippen molar-refractivity contribution < 1.29 is 5.11 Å². The van der Waals surface area contributed by atoms with E-state index in [0.717, 1.165) is 15.7 Å². The molecular formula is C15H15BrClNO. The largest absolute Gasteiger partial charge is 0.394 e. The fraction of sp³-hybridized carbons (Fsp3) is 0.200. The second-order valence-electron chi connectivity index (χ2n) is 4.60. The molecule has 2 N–H and O–H groups in total. The summed E-state index contributed by atoms with van der Waals surface area (Å²) in [5, 5.41) is 13.8. The van der Waals surface area contributed by atoms with E-state index >= 15 is 0 Å². The van der Waals surface area contributed by atoms with E-state index in [1.807, 2.05) is 55.5 Å². The van der Waals surface area contributed by atoms with Gasteiger partial charge in [-0.15, -0.1) is 0 Å². The van der Waals surface area contributed by atoms with Crippen LogP contribution in [-0.2, 0) is 5.54 Å². The number of hydrogen-bond donors (Lipinski definition) is 2. The second-order valence-corrected chi connectivity index (χ2v) is 5.89. The lowest BCUT2D eigenvalue weighted by Crippen LogP contribution is -2.36. The quantitative estimate of drug-likeness (QED) is 0.863. The van der Waals surface area contributed by atoms with Gasteiger partial charge in [0.1, 0.15) is 0 Å². The Morgan fingerprint density at radius 2 is 1.79 bits per heavy atom. The van der Waals surface area contributed by atoms with Gasteiger partial charge in [0.15, 0.2) is 0 Å². The van der Waals surface area contributed by atoms with E-state index < -0.39 is 5.54 Å². The number of anilines is 1. The molecule has 0 aliphatic carbocycles. The molecule has 0 radical (unpaired) electrons. The normalized spacial score (nSPS) is 13.9. The lowest BCUT2D eigenvalue weighted by molar-refractivity contribution is 0.223. The molecule has 0 saturated carbocycles. The van der Waals surface area contributed by atoms with Crippen LogP contribution in [0.2, 0.25) is 5.02 Å². The fourth-order valence-electron chi connectivity index (χ4n) is 1.95. The van der Waals surface area contributed by atoms with Crippen LogP contribution in [0.15, 0.2) is 53.0 Å². The zero-order valence-corrected chi connectivity index (χ0v) is 12.9. The highest BCUT2D eigenvalue weighted by Crippen LogP contribution is 2.31. The first-order chi connectivity index (χ1) is 9.05. The van der Waals surface area contributed by atoms with E-state index in [1.54, 1.807) is 0 Å². The maximum atomic E-state index is 9.77. The Bertz CT molecular complexity index is 558. The third-order valence-corrected chi connectivity index (χ3v) is 3.99. The van der Waals surface area contributed by atoms with Crippen LogP contribution in [0.5, 0.6) is 0 Å². The third-order valence-electron chi connectivity index (χ3n) is 3.05. The molecule has 1 atom stereocenters. The molecule has 0 fully saturated rings. The molecule has 100 valence electrons. The number of aliphatic hydroxyl groups excluding tert-OH is 1. The Morgan fingerprint density at radius 1 is 1.16 bits per heavy atom. The van der Waals surface area contributed by atoms with Gasteiger partial charge < -0.3 is 10.4 Å². The van der Waals surface area contributed by atoms with E-state index in [4.69, 9.17) is 11.6 Å². The van der Waals surface area contributed by atoms with Gasteiger partial charge in [-0.25, -0.2) is 0 Å². The van der Waals surface area contributed by atoms with Crippen molar-refractivity contribution in [2.24, 2.45) is 0 Å². The highest BCUT2D eigenvalue weighted by atomic mass is 79.9. The number of aliphatic hydroxyl groups is 1. The van der Waals surface area contributed by atoms with Gasteiger partial charge in [-0.05, 0) is 42.8 Å². The molecule has 0 saturated heterocycles. The zero-order valence-electron chi connectivity index (χ0n) is 10.5. The number of nitrogens with one attached hydrogen (secondary N) is 1. The lowest BCUT2D eigenvalue weighted by atomic mass is 9.92. The van der Waals surface area contributed by atoms with Gasteiger partial charge in [0, 0.05) is 15.2 Å². The van der Waals surface area contributed by atoms with Crippen LogP contribution in [-0.4, -0.2) is 11.7 Å². The van der Waals surface area contributed by atoms with Crippen LogP contribution in [0.4, 0.5) is 5.69 Å². The van der Waals surface area contributed by atoms with E-state index in [-0.39, 0.29) is 6.61 Å². The molecular weight excluding hydrogens is 326 g/mol. The predicted octanol–water partition coefficient (Wildman–Crippen LogP) is 4.42. The number of rotatable bonds is 4. The molecule has 0 aliphatic heterocycles. The second kappa shape index (κ2) is 5.95. The molecule has 2 nitrogen and oxygen atoms in total. The maximum absolute atomic E-state index is 9.77. The summed E-state index contributed by atoms with van der Waals surface area (Å²) in [5.41, 5.74) is 1.36. The average Bonchev–Trinajstić information content (AvgIpc) is 2.42. The van der Waals surface area contributed by atoms with Crippen LogP contribution in [0, 0.1) is 0 Å². The molecule has 0 aromatic heterocycles. The molecule has 0 amide bonds. The molecule has 2 aromatic rings. The van der Waals surface area contributed by atoms with E-state index in [2.05, 4.69) is 21.2 Å². The molecule has 2 aromatic carbocycles. The summed E-state index contributed by atoms with van der Waals surface area (Å²) in [6.07, 6.45) is 0. The number of hydrogen-bond acceptors (Lipinski definition) is 2. The Kier molecular flexibility index (Phi) is 4.50. The summed E-state index contributed by atoms with van der Waals surface area (Å²) in [4.78, 5) is 0. The number of halogens is 2. The Morgan fingerprint density at radius 3 is 2.37 bits per heavy atom.